The molecule has 1 aromatic carbocycles. The highest BCUT2D eigenvalue weighted by Gasteiger charge is 2.08. The first-order valence-electron chi connectivity index (χ1n) is 4.75. The molecule has 0 unspecified atom stereocenters. The van der Waals surface area contributed by atoms with Gasteiger partial charge in [0.05, 0.1) is 10.2 Å². The summed E-state index contributed by atoms with van der Waals surface area (Å²) in [5.74, 6) is 0.807. The fourth-order valence-corrected chi connectivity index (χ4v) is 4.38. The summed E-state index contributed by atoms with van der Waals surface area (Å²) in [6, 6.07) is 5.75. The lowest BCUT2D eigenvalue weighted by molar-refractivity contribution is 1.10. The van der Waals surface area contributed by atoms with Gasteiger partial charge in [0.1, 0.15) is 5.82 Å². The lowest BCUT2D eigenvalue weighted by Crippen LogP contribution is -1.73. The molecular weight excluding hydrogens is 294 g/mol. The van der Waals surface area contributed by atoms with Gasteiger partial charge in [-0.1, -0.05) is 11.6 Å². The molecule has 0 aliphatic rings. The Morgan fingerprint density at radius 2 is 2.12 bits per heavy atom. The van der Waals surface area contributed by atoms with E-state index < -0.39 is 0 Å². The highest BCUT2D eigenvalue weighted by Crippen LogP contribution is 2.35. The van der Waals surface area contributed by atoms with Crippen molar-refractivity contribution in [2.24, 2.45) is 0 Å². The summed E-state index contributed by atoms with van der Waals surface area (Å²) in [5.41, 5.74) is 0.936. The van der Waals surface area contributed by atoms with Crippen LogP contribution in [0.4, 0.5) is 0 Å². The molecule has 3 rings (SSSR count). The van der Waals surface area contributed by atoms with E-state index in [9.17, 15) is 0 Å². The molecule has 0 N–H and O–H groups in total. The zero-order valence-electron chi connectivity index (χ0n) is 8.68. The molecule has 0 saturated heterocycles. The van der Waals surface area contributed by atoms with E-state index in [2.05, 4.69) is 14.3 Å². The fourth-order valence-electron chi connectivity index (χ4n) is 1.32. The zero-order chi connectivity index (χ0) is 11.8. The van der Waals surface area contributed by atoms with Gasteiger partial charge in [0.15, 0.2) is 8.68 Å². The van der Waals surface area contributed by atoms with Crippen LogP contribution < -0.4 is 0 Å². The van der Waals surface area contributed by atoms with Crippen molar-refractivity contribution in [1.82, 2.24) is 14.3 Å². The number of aryl methyl sites for hydroxylation is 1. The van der Waals surface area contributed by atoms with Gasteiger partial charge in [-0.3, -0.25) is 0 Å². The number of fused-ring (bicyclic) bond motifs is 1. The Kier molecular flexibility index (Phi) is 3.04. The molecule has 0 saturated carbocycles. The molecule has 0 aliphatic heterocycles. The van der Waals surface area contributed by atoms with Crippen molar-refractivity contribution in [2.45, 2.75) is 15.6 Å². The molecule has 3 aromatic rings. The largest absolute Gasteiger partial charge is 0.229 e. The Bertz CT molecular complexity index is 676. The Morgan fingerprint density at radius 3 is 2.88 bits per heavy atom. The van der Waals surface area contributed by atoms with E-state index in [4.69, 9.17) is 11.6 Å². The second-order valence-electron chi connectivity index (χ2n) is 3.30. The van der Waals surface area contributed by atoms with Gasteiger partial charge in [0, 0.05) is 5.02 Å². The average Bonchev–Trinajstić information content (AvgIpc) is 2.84. The molecule has 2 heterocycles. The van der Waals surface area contributed by atoms with Crippen LogP contribution in [0.25, 0.3) is 10.2 Å². The maximum atomic E-state index is 5.93. The number of hydrogen-bond acceptors (Lipinski definition) is 6. The Balaban J connectivity index is 1.95. The summed E-state index contributed by atoms with van der Waals surface area (Å²) in [6.07, 6.45) is 0. The number of benzene rings is 1. The van der Waals surface area contributed by atoms with E-state index in [-0.39, 0.29) is 0 Å². The van der Waals surface area contributed by atoms with E-state index >= 15 is 0 Å². The SMILES string of the molecule is Cc1nsc(Sc2nc3cc(Cl)ccc3s2)n1. The van der Waals surface area contributed by atoms with Crippen LogP contribution in [0.2, 0.25) is 5.02 Å². The third-order valence-corrected chi connectivity index (χ3v) is 5.19. The van der Waals surface area contributed by atoms with Crippen LogP contribution in [0.5, 0.6) is 0 Å². The van der Waals surface area contributed by atoms with Crippen LogP contribution in [0.1, 0.15) is 5.82 Å². The minimum Gasteiger partial charge on any atom is -0.229 e. The molecule has 0 bridgehead atoms. The predicted octanol–water partition coefficient (Wildman–Crippen LogP) is 4.26. The summed E-state index contributed by atoms with van der Waals surface area (Å²) in [4.78, 5) is 8.82. The van der Waals surface area contributed by atoms with Crippen molar-refractivity contribution < 1.29 is 0 Å². The third kappa shape index (κ3) is 2.44. The van der Waals surface area contributed by atoms with Crippen molar-refractivity contribution in [3.8, 4) is 0 Å². The highest BCUT2D eigenvalue weighted by molar-refractivity contribution is 8.02. The molecule has 86 valence electrons. The second-order valence-corrected chi connectivity index (χ2v) is 7.01. The Labute approximate surface area is 115 Å². The number of thiazole rings is 1. The number of nitrogens with zero attached hydrogens (tertiary/aromatic N) is 3. The minimum absolute atomic E-state index is 0.714. The molecule has 2 aromatic heterocycles. The van der Waals surface area contributed by atoms with Gasteiger partial charge in [0.2, 0.25) is 0 Å². The van der Waals surface area contributed by atoms with E-state index in [1.165, 1.54) is 11.5 Å². The van der Waals surface area contributed by atoms with E-state index in [0.29, 0.717) is 5.02 Å². The van der Waals surface area contributed by atoms with Crippen LogP contribution in [0.3, 0.4) is 0 Å². The standard InChI is InChI=1S/C10H6ClN3S3/c1-5-12-10(17-14-5)16-9-13-7-4-6(11)2-3-8(7)15-9/h2-4H,1H3. The van der Waals surface area contributed by atoms with Crippen LogP contribution >= 0.6 is 46.2 Å². The Hall–Kier alpha value is -0.690. The molecular formula is C10H6ClN3S3. The van der Waals surface area contributed by atoms with E-state index in [1.54, 1.807) is 23.1 Å². The van der Waals surface area contributed by atoms with Crippen LogP contribution in [0.15, 0.2) is 26.9 Å². The molecule has 0 fully saturated rings. The molecule has 0 spiro atoms. The summed E-state index contributed by atoms with van der Waals surface area (Å²) in [5, 5.41) is 0.714. The summed E-state index contributed by atoms with van der Waals surface area (Å²) >= 11 is 10.5. The van der Waals surface area contributed by atoms with E-state index in [0.717, 1.165) is 24.7 Å². The molecule has 0 aliphatic carbocycles. The Morgan fingerprint density at radius 1 is 1.24 bits per heavy atom. The van der Waals surface area contributed by atoms with Crippen molar-refractivity contribution in [3.63, 3.8) is 0 Å². The minimum atomic E-state index is 0.714. The van der Waals surface area contributed by atoms with Crippen molar-refractivity contribution >= 4 is 56.4 Å². The first-order chi connectivity index (χ1) is 8.20. The molecule has 0 amide bonds. The van der Waals surface area contributed by atoms with Gasteiger partial charge < -0.3 is 0 Å². The van der Waals surface area contributed by atoms with Crippen molar-refractivity contribution in [1.29, 1.82) is 0 Å². The average molecular weight is 300 g/mol. The van der Waals surface area contributed by atoms with Gasteiger partial charge in [-0.25, -0.2) is 9.97 Å². The zero-order valence-corrected chi connectivity index (χ0v) is 11.9. The van der Waals surface area contributed by atoms with Crippen LogP contribution in [-0.4, -0.2) is 14.3 Å². The normalized spacial score (nSPS) is 11.2. The molecule has 3 nitrogen and oxygen atoms in total. The highest BCUT2D eigenvalue weighted by atomic mass is 35.5. The smallest absolute Gasteiger partial charge is 0.177 e. The maximum Gasteiger partial charge on any atom is 0.177 e. The molecule has 7 heteroatoms. The number of aromatic nitrogens is 3. The molecule has 17 heavy (non-hydrogen) atoms. The summed E-state index contributed by atoms with van der Waals surface area (Å²) in [6.45, 7) is 1.89. The van der Waals surface area contributed by atoms with Gasteiger partial charge in [-0.15, -0.1) is 11.3 Å². The van der Waals surface area contributed by atoms with Crippen molar-refractivity contribution in [3.05, 3.63) is 29.0 Å². The monoisotopic (exact) mass is 299 g/mol. The van der Waals surface area contributed by atoms with E-state index in [1.807, 2.05) is 25.1 Å². The summed E-state index contributed by atoms with van der Waals surface area (Å²) < 4.78 is 7.18. The quantitative estimate of drug-likeness (QED) is 0.708. The van der Waals surface area contributed by atoms with Crippen molar-refractivity contribution in [2.75, 3.05) is 0 Å². The van der Waals surface area contributed by atoms with Crippen LogP contribution in [-0.2, 0) is 0 Å². The first kappa shape index (κ1) is 11.4. The topological polar surface area (TPSA) is 38.7 Å². The maximum absolute atomic E-state index is 5.93. The summed E-state index contributed by atoms with van der Waals surface area (Å²) in [7, 11) is 0. The van der Waals surface area contributed by atoms with Gasteiger partial charge >= 0.3 is 0 Å². The third-order valence-electron chi connectivity index (χ3n) is 2.01. The first-order valence-corrected chi connectivity index (χ1v) is 7.53. The molecule has 0 atom stereocenters. The van der Waals surface area contributed by atoms with Crippen LogP contribution in [0, 0.1) is 6.92 Å². The van der Waals surface area contributed by atoms with Gasteiger partial charge in [-0.05, 0) is 48.4 Å². The lowest BCUT2D eigenvalue weighted by atomic mass is 10.3. The second kappa shape index (κ2) is 4.53. The lowest BCUT2D eigenvalue weighted by Gasteiger charge is -1.87. The van der Waals surface area contributed by atoms with Gasteiger partial charge in [-0.2, -0.15) is 4.37 Å². The fraction of sp³-hybridized carbons (Fsp3) is 0.100. The number of hydrogen-bond donors (Lipinski definition) is 0. The number of rotatable bonds is 2. The van der Waals surface area contributed by atoms with Gasteiger partial charge in [0.25, 0.3) is 0 Å². The predicted molar refractivity (Wildman–Crippen MR) is 73.4 cm³/mol. The molecule has 0 radical (unpaired) electrons. The number of halogens is 1.